The number of carbonyl (C=O) groups is 1. The molecule has 0 saturated heterocycles. The van der Waals surface area contributed by atoms with Gasteiger partial charge in [-0.2, -0.15) is 10.4 Å². The molecule has 0 aliphatic rings. The Morgan fingerprint density at radius 1 is 1.21 bits per heavy atom. The number of nitriles is 1. The van der Waals surface area contributed by atoms with Gasteiger partial charge in [-0.25, -0.2) is 14.8 Å². The van der Waals surface area contributed by atoms with Crippen LogP contribution >= 0.6 is 0 Å². The van der Waals surface area contributed by atoms with Crippen LogP contribution in [0.15, 0.2) is 65.3 Å². The third-order valence-electron chi connectivity index (χ3n) is 4.15. The van der Waals surface area contributed by atoms with Crippen molar-refractivity contribution < 1.29 is 9.18 Å². The Kier molecular flexibility index (Phi) is 5.95. The van der Waals surface area contributed by atoms with Gasteiger partial charge >= 0.3 is 0 Å². The van der Waals surface area contributed by atoms with Gasteiger partial charge in [0.1, 0.15) is 29.0 Å². The molecule has 29 heavy (non-hydrogen) atoms. The van der Waals surface area contributed by atoms with Crippen LogP contribution in [0.2, 0.25) is 0 Å². The molecule has 0 aliphatic carbocycles. The zero-order valence-corrected chi connectivity index (χ0v) is 15.9. The monoisotopic (exact) mass is 387 g/mol. The fourth-order valence-corrected chi connectivity index (χ4v) is 2.67. The SMILES string of the molecule is C/C(=N\NC(=O)/C(C#N)=C\c1ccc(F)cc1)c1nc(-c2ccccc2)[nH]c1C. The smallest absolute Gasteiger partial charge is 0.282 e. The van der Waals surface area contributed by atoms with Gasteiger partial charge in [0.15, 0.2) is 0 Å². The standard InChI is InChI=1S/C22H18FN5O/c1-14-20(26-21(25-14)17-6-4-3-5-7-17)15(2)27-28-22(29)18(13-24)12-16-8-10-19(23)11-9-16/h3-12H,1-2H3,(H,25,26)(H,28,29)/b18-12-,27-15+. The lowest BCUT2D eigenvalue weighted by Gasteiger charge is -2.01. The van der Waals surface area contributed by atoms with E-state index in [2.05, 4.69) is 20.5 Å². The Bertz CT molecular complexity index is 1120. The molecule has 6 nitrogen and oxygen atoms in total. The molecule has 1 amide bonds. The lowest BCUT2D eigenvalue weighted by atomic mass is 10.1. The fourth-order valence-electron chi connectivity index (χ4n) is 2.67. The van der Waals surface area contributed by atoms with E-state index < -0.39 is 11.7 Å². The molecule has 2 aromatic carbocycles. The highest BCUT2D eigenvalue weighted by Crippen LogP contribution is 2.18. The van der Waals surface area contributed by atoms with Gasteiger partial charge in [-0.05, 0) is 37.6 Å². The number of nitrogens with zero attached hydrogens (tertiary/aromatic N) is 3. The van der Waals surface area contributed by atoms with Gasteiger partial charge in [-0.15, -0.1) is 0 Å². The van der Waals surface area contributed by atoms with E-state index in [1.165, 1.54) is 30.3 Å². The van der Waals surface area contributed by atoms with E-state index in [1.54, 1.807) is 6.92 Å². The molecule has 0 radical (unpaired) electrons. The first-order valence-corrected chi connectivity index (χ1v) is 8.82. The summed E-state index contributed by atoms with van der Waals surface area (Å²) in [7, 11) is 0. The van der Waals surface area contributed by atoms with E-state index in [4.69, 9.17) is 0 Å². The van der Waals surface area contributed by atoms with Crippen LogP contribution in [-0.4, -0.2) is 21.6 Å². The van der Waals surface area contributed by atoms with Gasteiger partial charge in [-0.1, -0.05) is 42.5 Å². The predicted molar refractivity (Wildman–Crippen MR) is 109 cm³/mol. The second-order valence-corrected chi connectivity index (χ2v) is 6.28. The van der Waals surface area contributed by atoms with Crippen LogP contribution < -0.4 is 5.43 Å². The molecule has 0 bridgehead atoms. The van der Waals surface area contributed by atoms with E-state index in [0.717, 1.165) is 11.3 Å². The minimum atomic E-state index is -0.660. The Labute approximate surface area is 167 Å². The second-order valence-electron chi connectivity index (χ2n) is 6.28. The van der Waals surface area contributed by atoms with Crippen LogP contribution in [0, 0.1) is 24.1 Å². The molecule has 2 N–H and O–H groups in total. The number of H-pyrrole nitrogens is 1. The molecule has 0 fully saturated rings. The minimum Gasteiger partial charge on any atom is -0.342 e. The Morgan fingerprint density at radius 3 is 2.55 bits per heavy atom. The number of rotatable bonds is 5. The number of imidazole rings is 1. The van der Waals surface area contributed by atoms with Gasteiger partial charge in [0.2, 0.25) is 0 Å². The maximum Gasteiger partial charge on any atom is 0.282 e. The van der Waals surface area contributed by atoms with Gasteiger partial charge in [0.25, 0.3) is 5.91 Å². The molecule has 144 valence electrons. The summed E-state index contributed by atoms with van der Waals surface area (Å²) < 4.78 is 13.0. The number of benzene rings is 2. The summed E-state index contributed by atoms with van der Waals surface area (Å²) in [6, 6.07) is 16.9. The van der Waals surface area contributed by atoms with E-state index in [-0.39, 0.29) is 5.57 Å². The van der Waals surface area contributed by atoms with Gasteiger partial charge in [-0.3, -0.25) is 4.79 Å². The molecule has 0 saturated carbocycles. The van der Waals surface area contributed by atoms with Crippen molar-refractivity contribution in [2.75, 3.05) is 0 Å². The van der Waals surface area contributed by atoms with Gasteiger partial charge in [0.05, 0.1) is 5.71 Å². The first-order valence-electron chi connectivity index (χ1n) is 8.82. The van der Waals surface area contributed by atoms with Crippen molar-refractivity contribution in [3.63, 3.8) is 0 Å². The van der Waals surface area contributed by atoms with Gasteiger partial charge in [0, 0.05) is 11.3 Å². The third-order valence-corrected chi connectivity index (χ3v) is 4.15. The molecule has 1 heterocycles. The van der Waals surface area contributed by atoms with E-state index in [0.29, 0.717) is 22.8 Å². The highest BCUT2D eigenvalue weighted by atomic mass is 19.1. The number of aryl methyl sites for hydroxylation is 1. The number of aromatic nitrogens is 2. The number of hydrogen-bond acceptors (Lipinski definition) is 4. The zero-order chi connectivity index (χ0) is 20.8. The van der Waals surface area contributed by atoms with Crippen molar-refractivity contribution in [1.29, 1.82) is 5.26 Å². The molecule has 0 spiro atoms. The maximum absolute atomic E-state index is 13.0. The van der Waals surface area contributed by atoms with E-state index in [9.17, 15) is 14.4 Å². The fraction of sp³-hybridized carbons (Fsp3) is 0.0909. The van der Waals surface area contributed by atoms with Crippen LogP contribution in [-0.2, 0) is 4.79 Å². The molecule has 0 unspecified atom stereocenters. The highest BCUT2D eigenvalue weighted by molar-refractivity contribution is 6.03. The number of halogens is 1. The normalized spacial score (nSPS) is 11.8. The number of nitrogens with one attached hydrogen (secondary N) is 2. The number of aromatic amines is 1. The topological polar surface area (TPSA) is 93.9 Å². The molecule has 7 heteroatoms. The number of hydrogen-bond donors (Lipinski definition) is 2. The summed E-state index contributed by atoms with van der Waals surface area (Å²) in [5, 5.41) is 13.3. The quantitative estimate of drug-likeness (QED) is 0.300. The molecular weight excluding hydrogens is 369 g/mol. The summed E-state index contributed by atoms with van der Waals surface area (Å²) in [6.45, 7) is 3.58. The molecule has 0 atom stereocenters. The summed E-state index contributed by atoms with van der Waals surface area (Å²) >= 11 is 0. The van der Waals surface area contributed by atoms with Crippen LogP contribution in [0.1, 0.15) is 23.9 Å². The number of hydrazone groups is 1. The molecule has 3 rings (SSSR count). The minimum absolute atomic E-state index is 0.142. The van der Waals surface area contributed by atoms with Crippen molar-refractivity contribution in [3.05, 3.63) is 82.9 Å². The van der Waals surface area contributed by atoms with E-state index >= 15 is 0 Å². The van der Waals surface area contributed by atoms with Crippen molar-refractivity contribution in [2.24, 2.45) is 5.10 Å². The predicted octanol–water partition coefficient (Wildman–Crippen LogP) is 3.97. The third kappa shape index (κ3) is 4.82. The molecule has 0 aliphatic heterocycles. The van der Waals surface area contributed by atoms with E-state index in [1.807, 2.05) is 43.3 Å². The molecular formula is C22H18FN5O. The number of amides is 1. The lowest BCUT2D eigenvalue weighted by molar-refractivity contribution is -0.117. The lowest BCUT2D eigenvalue weighted by Crippen LogP contribution is -2.21. The Hall–Kier alpha value is -4.05. The van der Waals surface area contributed by atoms with Gasteiger partial charge < -0.3 is 4.98 Å². The zero-order valence-electron chi connectivity index (χ0n) is 15.9. The Balaban J connectivity index is 1.77. The van der Waals surface area contributed by atoms with Crippen molar-refractivity contribution in [1.82, 2.24) is 15.4 Å². The summed E-state index contributed by atoms with van der Waals surface area (Å²) in [5.41, 5.74) is 5.62. The van der Waals surface area contributed by atoms with Crippen LogP contribution in [0.5, 0.6) is 0 Å². The summed E-state index contributed by atoms with van der Waals surface area (Å²) in [6.07, 6.45) is 1.37. The average molecular weight is 387 g/mol. The van der Waals surface area contributed by atoms with Crippen LogP contribution in [0.4, 0.5) is 4.39 Å². The first-order chi connectivity index (χ1) is 14.0. The largest absolute Gasteiger partial charge is 0.342 e. The maximum atomic E-state index is 13.0. The molecule has 3 aromatic rings. The number of carbonyl (C=O) groups excluding carboxylic acids is 1. The Morgan fingerprint density at radius 2 is 1.90 bits per heavy atom. The van der Waals surface area contributed by atoms with Crippen molar-refractivity contribution in [2.45, 2.75) is 13.8 Å². The summed E-state index contributed by atoms with van der Waals surface area (Å²) in [5.74, 6) is -0.352. The summed E-state index contributed by atoms with van der Waals surface area (Å²) in [4.78, 5) is 20.0. The van der Waals surface area contributed by atoms with Crippen LogP contribution in [0.25, 0.3) is 17.5 Å². The van der Waals surface area contributed by atoms with Crippen molar-refractivity contribution >= 4 is 17.7 Å². The second kappa shape index (κ2) is 8.76. The van der Waals surface area contributed by atoms with Crippen LogP contribution in [0.3, 0.4) is 0 Å². The average Bonchev–Trinajstić information content (AvgIpc) is 3.13. The highest BCUT2D eigenvalue weighted by Gasteiger charge is 2.13. The van der Waals surface area contributed by atoms with Crippen molar-refractivity contribution in [3.8, 4) is 17.5 Å². The first kappa shape index (κ1) is 19.7. The molecule has 1 aromatic heterocycles.